The smallest absolute Gasteiger partial charge is 0.335 e. The second-order valence-electron chi connectivity index (χ2n) is 3.78. The van der Waals surface area contributed by atoms with Crippen LogP contribution < -0.4 is 0 Å². The molecule has 0 spiro atoms. The Morgan fingerprint density at radius 2 is 2.11 bits per heavy atom. The Labute approximate surface area is 117 Å². The highest BCUT2D eigenvalue weighted by Gasteiger charge is 2.10. The molecule has 4 nitrogen and oxygen atoms in total. The van der Waals surface area contributed by atoms with Crippen molar-refractivity contribution in [3.8, 4) is 0 Å². The van der Waals surface area contributed by atoms with Crippen LogP contribution in [-0.2, 0) is 0 Å². The van der Waals surface area contributed by atoms with E-state index in [1.807, 2.05) is 24.3 Å². The lowest BCUT2D eigenvalue weighted by Crippen LogP contribution is -1.96. The van der Waals surface area contributed by atoms with Crippen LogP contribution in [-0.4, -0.2) is 20.4 Å². The normalized spacial score (nSPS) is 10.7. The number of carboxylic acids is 1. The minimum absolute atomic E-state index is 0.242. The van der Waals surface area contributed by atoms with Gasteiger partial charge in [0.15, 0.2) is 0 Å². The maximum absolute atomic E-state index is 10.9. The molecule has 0 saturated carbocycles. The number of carbonyl (C=O) groups is 1. The summed E-state index contributed by atoms with van der Waals surface area (Å²) in [6.07, 6.45) is 1.51. The molecule has 2 heterocycles. The minimum Gasteiger partial charge on any atom is -0.478 e. The molecule has 0 unspecified atom stereocenters. The first-order chi connectivity index (χ1) is 9.24. The molecule has 94 valence electrons. The Balaban J connectivity index is 1.97. The summed E-state index contributed by atoms with van der Waals surface area (Å²) in [7, 11) is 0. The molecule has 1 N–H and O–H groups in total. The zero-order chi connectivity index (χ0) is 13.2. The third kappa shape index (κ3) is 2.45. The highest BCUT2D eigenvalue weighted by molar-refractivity contribution is 8.01. The number of fused-ring (bicyclic) bond motifs is 1. The van der Waals surface area contributed by atoms with E-state index in [1.165, 1.54) is 35.6 Å². The summed E-state index contributed by atoms with van der Waals surface area (Å²) in [5, 5.41) is 10.7. The van der Waals surface area contributed by atoms with E-state index >= 15 is 0 Å². The maximum atomic E-state index is 10.9. The Morgan fingerprint density at radius 3 is 2.95 bits per heavy atom. The topological polar surface area (TPSA) is 63.1 Å². The van der Waals surface area contributed by atoms with E-state index in [0.29, 0.717) is 5.03 Å². The number of hydrogen-bond acceptors (Lipinski definition) is 5. The average molecular weight is 288 g/mol. The summed E-state index contributed by atoms with van der Waals surface area (Å²) < 4.78 is 5.37. The van der Waals surface area contributed by atoms with Gasteiger partial charge in [0.2, 0.25) is 0 Å². The SMILES string of the molecule is O=C(O)c1ccnc(Sc2snc3ccccc23)c1. The molecule has 1 aromatic carbocycles. The van der Waals surface area contributed by atoms with Gasteiger partial charge in [0.1, 0.15) is 5.03 Å². The van der Waals surface area contributed by atoms with E-state index in [1.54, 1.807) is 6.07 Å². The van der Waals surface area contributed by atoms with Crippen molar-refractivity contribution in [2.75, 3.05) is 0 Å². The second-order valence-corrected chi connectivity index (χ2v) is 5.84. The molecule has 0 aliphatic carbocycles. The number of aromatic carboxylic acids is 1. The largest absolute Gasteiger partial charge is 0.478 e. The second kappa shape index (κ2) is 4.99. The van der Waals surface area contributed by atoms with Crippen molar-refractivity contribution in [2.24, 2.45) is 0 Å². The highest BCUT2D eigenvalue weighted by atomic mass is 32.2. The molecule has 0 bridgehead atoms. The fraction of sp³-hybridized carbons (Fsp3) is 0. The van der Waals surface area contributed by atoms with Crippen molar-refractivity contribution < 1.29 is 9.90 Å². The van der Waals surface area contributed by atoms with Gasteiger partial charge in [-0.2, -0.15) is 4.37 Å². The van der Waals surface area contributed by atoms with Crippen LogP contribution in [0.1, 0.15) is 10.4 Å². The van der Waals surface area contributed by atoms with Crippen LogP contribution in [0.15, 0.2) is 51.8 Å². The zero-order valence-electron chi connectivity index (χ0n) is 9.61. The van der Waals surface area contributed by atoms with Gasteiger partial charge in [-0.3, -0.25) is 0 Å². The van der Waals surface area contributed by atoms with Crippen molar-refractivity contribution in [1.82, 2.24) is 9.36 Å². The zero-order valence-corrected chi connectivity index (χ0v) is 11.2. The lowest BCUT2D eigenvalue weighted by atomic mass is 10.3. The van der Waals surface area contributed by atoms with Crippen LogP contribution in [0.25, 0.3) is 10.9 Å². The van der Waals surface area contributed by atoms with Crippen LogP contribution in [0.2, 0.25) is 0 Å². The Morgan fingerprint density at radius 1 is 1.26 bits per heavy atom. The van der Waals surface area contributed by atoms with E-state index in [9.17, 15) is 4.79 Å². The molecule has 3 rings (SSSR count). The van der Waals surface area contributed by atoms with Gasteiger partial charge in [0, 0.05) is 11.6 Å². The van der Waals surface area contributed by atoms with Crippen molar-refractivity contribution >= 4 is 40.2 Å². The molecule has 0 saturated heterocycles. The van der Waals surface area contributed by atoms with Crippen molar-refractivity contribution in [3.63, 3.8) is 0 Å². The van der Waals surface area contributed by atoms with Gasteiger partial charge in [-0.25, -0.2) is 9.78 Å². The van der Waals surface area contributed by atoms with E-state index in [0.717, 1.165) is 15.1 Å². The van der Waals surface area contributed by atoms with E-state index in [-0.39, 0.29) is 5.56 Å². The van der Waals surface area contributed by atoms with Gasteiger partial charge < -0.3 is 5.11 Å². The van der Waals surface area contributed by atoms with Crippen LogP contribution in [0.5, 0.6) is 0 Å². The van der Waals surface area contributed by atoms with Gasteiger partial charge in [0.05, 0.1) is 15.3 Å². The van der Waals surface area contributed by atoms with E-state index < -0.39 is 5.97 Å². The number of nitrogens with zero attached hydrogens (tertiary/aromatic N) is 2. The van der Waals surface area contributed by atoms with Crippen LogP contribution in [0, 0.1) is 0 Å². The summed E-state index contributed by atoms with van der Waals surface area (Å²) in [6.45, 7) is 0. The Kier molecular flexibility index (Phi) is 3.18. The van der Waals surface area contributed by atoms with Crippen LogP contribution in [0.3, 0.4) is 0 Å². The first kappa shape index (κ1) is 12.1. The summed E-state index contributed by atoms with van der Waals surface area (Å²) in [6, 6.07) is 10.9. The molecular formula is C13H8N2O2S2. The van der Waals surface area contributed by atoms with E-state index in [4.69, 9.17) is 5.11 Å². The van der Waals surface area contributed by atoms with Crippen molar-refractivity contribution in [2.45, 2.75) is 9.24 Å². The molecular weight excluding hydrogens is 280 g/mol. The average Bonchev–Trinajstić information content (AvgIpc) is 2.83. The van der Waals surface area contributed by atoms with Crippen molar-refractivity contribution in [1.29, 1.82) is 0 Å². The summed E-state index contributed by atoms with van der Waals surface area (Å²) in [5.74, 6) is -0.946. The van der Waals surface area contributed by atoms with Gasteiger partial charge in [-0.1, -0.05) is 30.0 Å². The molecule has 0 aliphatic heterocycles. The standard InChI is InChI=1S/C13H8N2O2S2/c16-12(17)8-5-6-14-11(7-8)18-13-9-3-1-2-4-10(9)15-19-13/h1-7H,(H,16,17). The lowest BCUT2D eigenvalue weighted by Gasteiger charge is -1.99. The molecule has 0 aliphatic rings. The van der Waals surface area contributed by atoms with Crippen LogP contribution in [0.4, 0.5) is 0 Å². The molecule has 19 heavy (non-hydrogen) atoms. The van der Waals surface area contributed by atoms with Gasteiger partial charge in [0.25, 0.3) is 0 Å². The molecule has 0 atom stereocenters. The number of pyridine rings is 1. The number of hydrogen-bond donors (Lipinski definition) is 1. The van der Waals surface area contributed by atoms with Gasteiger partial charge >= 0.3 is 5.97 Å². The third-order valence-electron chi connectivity index (χ3n) is 2.53. The van der Waals surface area contributed by atoms with Crippen molar-refractivity contribution in [3.05, 3.63) is 48.2 Å². The molecule has 0 fully saturated rings. The number of benzene rings is 1. The first-order valence-electron chi connectivity index (χ1n) is 5.45. The van der Waals surface area contributed by atoms with Gasteiger partial charge in [-0.15, -0.1) is 0 Å². The molecule has 6 heteroatoms. The third-order valence-corrected chi connectivity index (χ3v) is 4.51. The summed E-state index contributed by atoms with van der Waals surface area (Å²) in [5.41, 5.74) is 1.19. The lowest BCUT2D eigenvalue weighted by molar-refractivity contribution is 0.0696. The molecule has 0 radical (unpaired) electrons. The quantitative estimate of drug-likeness (QED) is 0.798. The Bertz CT molecular complexity index is 755. The number of carboxylic acid groups (broad SMARTS) is 1. The fourth-order valence-corrected chi connectivity index (χ4v) is 3.53. The Hall–Kier alpha value is -1.92. The summed E-state index contributed by atoms with van der Waals surface area (Å²) in [4.78, 5) is 15.1. The minimum atomic E-state index is -0.946. The molecule has 2 aromatic heterocycles. The predicted molar refractivity (Wildman–Crippen MR) is 74.9 cm³/mol. The highest BCUT2D eigenvalue weighted by Crippen LogP contribution is 2.35. The number of rotatable bonds is 3. The maximum Gasteiger partial charge on any atom is 0.335 e. The molecule has 0 amide bonds. The van der Waals surface area contributed by atoms with Gasteiger partial charge in [-0.05, 0) is 29.7 Å². The first-order valence-corrected chi connectivity index (χ1v) is 7.04. The monoisotopic (exact) mass is 288 g/mol. The van der Waals surface area contributed by atoms with E-state index in [2.05, 4.69) is 9.36 Å². The molecule has 3 aromatic rings. The fourth-order valence-electron chi connectivity index (χ4n) is 1.63. The number of aromatic nitrogens is 2. The van der Waals surface area contributed by atoms with Crippen LogP contribution >= 0.6 is 23.3 Å². The predicted octanol–water partition coefficient (Wildman–Crippen LogP) is 3.54. The summed E-state index contributed by atoms with van der Waals surface area (Å²) >= 11 is 2.83.